The zero-order chi connectivity index (χ0) is 18.4. The Hall–Kier alpha value is -2.18. The molecule has 1 aromatic rings. The van der Waals surface area contributed by atoms with Gasteiger partial charge in [0, 0.05) is 18.7 Å². The Balaban J connectivity index is 2.44. The molecule has 0 unspecified atom stereocenters. The summed E-state index contributed by atoms with van der Waals surface area (Å²) in [6, 6.07) is 1.75. The van der Waals surface area contributed by atoms with Crippen LogP contribution >= 0.6 is 0 Å². The van der Waals surface area contributed by atoms with Crippen molar-refractivity contribution in [3.63, 3.8) is 0 Å². The fourth-order valence-electron chi connectivity index (χ4n) is 2.98. The topological polar surface area (TPSA) is 60.9 Å². The highest BCUT2D eigenvalue weighted by Gasteiger charge is 2.26. The van der Waals surface area contributed by atoms with Crippen LogP contribution in [-0.4, -0.2) is 50.0 Å². The van der Waals surface area contributed by atoms with E-state index in [0.717, 1.165) is 0 Å². The van der Waals surface area contributed by atoms with E-state index in [9.17, 15) is 4.79 Å². The average molecular weight is 346 g/mol. The van der Waals surface area contributed by atoms with Crippen LogP contribution < -0.4 is 4.90 Å². The van der Waals surface area contributed by atoms with E-state index in [1.54, 1.807) is 18.2 Å². The first-order valence-electron chi connectivity index (χ1n) is 8.33. The van der Waals surface area contributed by atoms with Crippen LogP contribution in [0.2, 0.25) is 0 Å². The first kappa shape index (κ1) is 19.1. The zero-order valence-corrected chi connectivity index (χ0v) is 15.2. The summed E-state index contributed by atoms with van der Waals surface area (Å²) in [5.41, 5.74) is 1.72. The summed E-state index contributed by atoms with van der Waals surface area (Å²) in [6.07, 6.45) is 3.46. The fraction of sp³-hybridized carbons (Fsp3) is 0.474. The van der Waals surface area contributed by atoms with E-state index < -0.39 is 5.97 Å². The van der Waals surface area contributed by atoms with Gasteiger partial charge in [0.05, 0.1) is 43.8 Å². The molecule has 1 aliphatic heterocycles. The van der Waals surface area contributed by atoms with Crippen LogP contribution in [0.5, 0.6) is 0 Å². The molecule has 136 valence electrons. The van der Waals surface area contributed by atoms with E-state index in [4.69, 9.17) is 19.2 Å². The molecule has 1 fully saturated rings. The Kier molecular flexibility index (Phi) is 6.73. The highest BCUT2D eigenvalue weighted by molar-refractivity contribution is 5.94. The summed E-state index contributed by atoms with van der Waals surface area (Å²) in [5, 5.41) is 0. The number of carbonyl (C=O) groups excluding carboxylic acids is 1. The molecule has 0 bridgehead atoms. The van der Waals surface area contributed by atoms with Gasteiger partial charge in [0.1, 0.15) is 5.82 Å². The maximum absolute atomic E-state index is 12.2. The molecule has 0 amide bonds. The van der Waals surface area contributed by atoms with Crippen molar-refractivity contribution in [3.8, 4) is 0 Å². The average Bonchev–Trinajstić information content (AvgIpc) is 2.59. The van der Waals surface area contributed by atoms with Crippen LogP contribution in [0.4, 0.5) is 5.82 Å². The van der Waals surface area contributed by atoms with Crippen LogP contribution in [0, 0.1) is 0 Å². The zero-order valence-electron chi connectivity index (χ0n) is 15.2. The van der Waals surface area contributed by atoms with E-state index in [0.29, 0.717) is 42.3 Å². The molecule has 6 nitrogen and oxygen atoms in total. The third-order valence-corrected chi connectivity index (χ3v) is 3.95. The Morgan fingerprint density at radius 2 is 2.08 bits per heavy atom. The molecule has 2 rings (SSSR count). The predicted octanol–water partition coefficient (Wildman–Crippen LogP) is 2.83. The molecule has 1 saturated heterocycles. The molecule has 0 spiro atoms. The van der Waals surface area contributed by atoms with Gasteiger partial charge in [-0.05, 0) is 19.9 Å². The molecule has 0 aliphatic carbocycles. The number of hydrogen-bond acceptors (Lipinski definition) is 6. The van der Waals surface area contributed by atoms with E-state index in [1.807, 2.05) is 13.8 Å². The van der Waals surface area contributed by atoms with Crippen molar-refractivity contribution in [2.75, 3.05) is 31.7 Å². The van der Waals surface area contributed by atoms with Crippen LogP contribution in [0.3, 0.4) is 0 Å². The van der Waals surface area contributed by atoms with Crippen molar-refractivity contribution in [3.05, 3.63) is 42.1 Å². The van der Waals surface area contributed by atoms with E-state index >= 15 is 0 Å². The molecule has 0 radical (unpaired) electrons. The Bertz CT molecular complexity index is 635. The Labute approximate surface area is 149 Å². The molecule has 0 N–H and O–H groups in total. The van der Waals surface area contributed by atoms with Crippen molar-refractivity contribution < 1.29 is 19.0 Å². The van der Waals surface area contributed by atoms with Gasteiger partial charge in [0.25, 0.3) is 0 Å². The van der Waals surface area contributed by atoms with Gasteiger partial charge in [0.2, 0.25) is 0 Å². The number of ether oxygens (including phenoxy) is 3. The largest absolute Gasteiger partial charge is 0.465 e. The number of rotatable bonds is 7. The van der Waals surface area contributed by atoms with Crippen molar-refractivity contribution in [2.24, 2.45) is 0 Å². The second-order valence-electron chi connectivity index (χ2n) is 6.05. The van der Waals surface area contributed by atoms with Crippen molar-refractivity contribution in [2.45, 2.75) is 32.7 Å². The number of morpholine rings is 1. The summed E-state index contributed by atoms with van der Waals surface area (Å²) in [7, 11) is 1.36. The third kappa shape index (κ3) is 4.67. The number of anilines is 1. The predicted molar refractivity (Wildman–Crippen MR) is 97.7 cm³/mol. The number of carbonyl (C=O) groups is 1. The number of aromatic nitrogens is 1. The lowest BCUT2D eigenvalue weighted by Crippen LogP contribution is -2.46. The van der Waals surface area contributed by atoms with Crippen LogP contribution in [0.1, 0.15) is 35.5 Å². The summed E-state index contributed by atoms with van der Waals surface area (Å²) >= 11 is 0. The minimum absolute atomic E-state index is 0.0895. The van der Waals surface area contributed by atoms with Crippen LogP contribution in [0.15, 0.2) is 25.3 Å². The first-order chi connectivity index (χ1) is 12.0. The second kappa shape index (κ2) is 8.78. The molecule has 2 atom stereocenters. The minimum atomic E-state index is -0.419. The Morgan fingerprint density at radius 1 is 1.40 bits per heavy atom. The summed E-state index contributed by atoms with van der Waals surface area (Å²) in [6.45, 7) is 13.6. The van der Waals surface area contributed by atoms with Gasteiger partial charge in [-0.15, -0.1) is 6.58 Å². The van der Waals surface area contributed by atoms with Gasteiger partial charge in [-0.25, -0.2) is 9.78 Å². The normalized spacial score (nSPS) is 20.2. The van der Waals surface area contributed by atoms with Crippen molar-refractivity contribution in [1.82, 2.24) is 4.98 Å². The smallest absolute Gasteiger partial charge is 0.338 e. The standard InChI is InChI=1S/C19H26N2O4/c1-6-8-24-12-17-15(7-2)16(19(22)23-5)9-18(20-17)21-10-13(3)25-14(4)11-21/h6-7,9,13-14H,1-2,8,10-12H2,3-5H3/t13-,14+. The minimum Gasteiger partial charge on any atom is -0.465 e. The molecule has 1 aliphatic rings. The molecular formula is C19H26N2O4. The third-order valence-electron chi connectivity index (χ3n) is 3.95. The number of hydrogen-bond donors (Lipinski definition) is 0. The lowest BCUT2D eigenvalue weighted by molar-refractivity contribution is -0.00548. The van der Waals surface area contributed by atoms with Crippen molar-refractivity contribution >= 4 is 17.9 Å². The molecule has 0 saturated carbocycles. The molecule has 2 heterocycles. The highest BCUT2D eigenvalue weighted by atomic mass is 16.5. The number of methoxy groups -OCH3 is 1. The van der Waals surface area contributed by atoms with Gasteiger partial charge in [-0.3, -0.25) is 0 Å². The SMILES string of the molecule is C=CCOCc1nc(N2C[C@@H](C)O[C@@H](C)C2)cc(C(=O)OC)c1C=C. The number of pyridine rings is 1. The fourth-order valence-corrected chi connectivity index (χ4v) is 2.98. The lowest BCUT2D eigenvalue weighted by atomic mass is 10.1. The summed E-state index contributed by atoms with van der Waals surface area (Å²) < 4.78 is 16.2. The molecule has 1 aromatic heterocycles. The van der Waals surface area contributed by atoms with Crippen molar-refractivity contribution in [1.29, 1.82) is 0 Å². The molecule has 0 aromatic carbocycles. The first-order valence-corrected chi connectivity index (χ1v) is 8.33. The van der Waals surface area contributed by atoms with E-state index in [-0.39, 0.29) is 18.8 Å². The quantitative estimate of drug-likeness (QED) is 0.430. The second-order valence-corrected chi connectivity index (χ2v) is 6.05. The monoisotopic (exact) mass is 346 g/mol. The van der Waals surface area contributed by atoms with Gasteiger partial charge in [-0.1, -0.05) is 18.7 Å². The van der Waals surface area contributed by atoms with Gasteiger partial charge >= 0.3 is 5.97 Å². The maximum Gasteiger partial charge on any atom is 0.338 e. The molecule has 6 heteroatoms. The highest BCUT2D eigenvalue weighted by Crippen LogP contribution is 2.25. The molecule has 25 heavy (non-hydrogen) atoms. The van der Waals surface area contributed by atoms with Gasteiger partial charge in [-0.2, -0.15) is 0 Å². The van der Waals surface area contributed by atoms with E-state index in [2.05, 4.69) is 18.1 Å². The summed E-state index contributed by atoms with van der Waals surface area (Å²) in [5.74, 6) is 0.295. The number of esters is 1. The number of nitrogens with zero attached hydrogens (tertiary/aromatic N) is 2. The summed E-state index contributed by atoms with van der Waals surface area (Å²) in [4.78, 5) is 19.1. The maximum atomic E-state index is 12.2. The van der Waals surface area contributed by atoms with Crippen LogP contribution in [0.25, 0.3) is 6.08 Å². The van der Waals surface area contributed by atoms with Crippen LogP contribution in [-0.2, 0) is 20.8 Å². The van der Waals surface area contributed by atoms with Gasteiger partial charge in [0.15, 0.2) is 0 Å². The molecular weight excluding hydrogens is 320 g/mol. The lowest BCUT2D eigenvalue weighted by Gasteiger charge is -2.36. The Morgan fingerprint density at radius 3 is 2.64 bits per heavy atom. The van der Waals surface area contributed by atoms with E-state index in [1.165, 1.54) is 7.11 Å². The van der Waals surface area contributed by atoms with Gasteiger partial charge < -0.3 is 19.1 Å².